The molecule has 1 aromatic carbocycles. The van der Waals surface area contributed by atoms with Crippen LogP contribution < -0.4 is 5.32 Å². The highest BCUT2D eigenvalue weighted by Crippen LogP contribution is 2.23. The minimum Gasteiger partial charge on any atom is -0.362 e. The van der Waals surface area contributed by atoms with Gasteiger partial charge in [0.2, 0.25) is 0 Å². The lowest BCUT2D eigenvalue weighted by atomic mass is 10.1. The topological polar surface area (TPSA) is 85.8 Å². The van der Waals surface area contributed by atoms with Crippen LogP contribution in [0.15, 0.2) is 42.7 Å². The Bertz CT molecular complexity index is 1040. The molecule has 0 radical (unpaired) electrons. The zero-order chi connectivity index (χ0) is 17.4. The summed E-state index contributed by atoms with van der Waals surface area (Å²) in [5.74, 6) is 1.02. The lowest BCUT2D eigenvalue weighted by molar-refractivity contribution is 0.612. The summed E-state index contributed by atoms with van der Waals surface area (Å²) in [5, 5.41) is 18.6. The normalized spacial score (nSPS) is 12.4. The molecule has 0 amide bonds. The number of nitrogens with one attached hydrogen (secondary N) is 1. The van der Waals surface area contributed by atoms with Crippen molar-refractivity contribution < 1.29 is 4.39 Å². The molecule has 9 heteroatoms. The van der Waals surface area contributed by atoms with Gasteiger partial charge in [0.05, 0.1) is 11.7 Å². The van der Waals surface area contributed by atoms with Crippen LogP contribution in [0.1, 0.15) is 24.4 Å². The van der Waals surface area contributed by atoms with Gasteiger partial charge in [-0.2, -0.15) is 0 Å². The molecule has 1 atom stereocenters. The number of halogens is 1. The van der Waals surface area contributed by atoms with Crippen molar-refractivity contribution in [2.75, 3.05) is 5.32 Å². The van der Waals surface area contributed by atoms with Crippen molar-refractivity contribution >= 4 is 11.5 Å². The van der Waals surface area contributed by atoms with Gasteiger partial charge in [0.15, 0.2) is 5.65 Å². The summed E-state index contributed by atoms with van der Waals surface area (Å²) in [6.07, 6.45) is 3.38. The second kappa shape index (κ2) is 5.93. The zero-order valence-corrected chi connectivity index (χ0v) is 13.6. The second-order valence-corrected chi connectivity index (χ2v) is 5.67. The van der Waals surface area contributed by atoms with E-state index in [1.807, 2.05) is 19.9 Å². The molecule has 4 aromatic rings. The number of tetrazole rings is 1. The largest absolute Gasteiger partial charge is 0.362 e. The van der Waals surface area contributed by atoms with Gasteiger partial charge in [-0.3, -0.25) is 0 Å². The van der Waals surface area contributed by atoms with E-state index in [1.54, 1.807) is 35.2 Å². The van der Waals surface area contributed by atoms with Crippen LogP contribution in [0.25, 0.3) is 11.3 Å². The number of anilines is 1. The van der Waals surface area contributed by atoms with Gasteiger partial charge in [-0.05, 0) is 54.1 Å². The molecule has 0 saturated heterocycles. The summed E-state index contributed by atoms with van der Waals surface area (Å²) in [4.78, 5) is 4.13. The van der Waals surface area contributed by atoms with E-state index in [0.717, 1.165) is 11.4 Å². The van der Waals surface area contributed by atoms with Gasteiger partial charge >= 0.3 is 0 Å². The lowest BCUT2D eigenvalue weighted by Crippen LogP contribution is -2.10. The van der Waals surface area contributed by atoms with Crippen molar-refractivity contribution in [3.8, 4) is 5.69 Å². The summed E-state index contributed by atoms with van der Waals surface area (Å²) in [6.45, 7) is 3.76. The van der Waals surface area contributed by atoms with Crippen molar-refractivity contribution in [2.24, 2.45) is 0 Å². The monoisotopic (exact) mass is 338 g/mol. The minimum absolute atomic E-state index is 0.145. The first-order valence-corrected chi connectivity index (χ1v) is 7.73. The number of imidazole rings is 1. The summed E-state index contributed by atoms with van der Waals surface area (Å²) < 4.78 is 17.6. The highest BCUT2D eigenvalue weighted by molar-refractivity contribution is 5.45. The molecule has 126 valence electrons. The zero-order valence-electron chi connectivity index (χ0n) is 13.6. The molecule has 4 rings (SSSR count). The number of hydrogen-bond donors (Lipinski definition) is 1. The molecular weight excluding hydrogens is 323 g/mol. The fourth-order valence-corrected chi connectivity index (χ4v) is 2.65. The Morgan fingerprint density at radius 3 is 2.84 bits per heavy atom. The fourth-order valence-electron chi connectivity index (χ4n) is 2.65. The Balaban J connectivity index is 1.58. The maximum Gasteiger partial charge on any atom is 0.200 e. The number of aryl methyl sites for hydroxylation is 1. The molecule has 25 heavy (non-hydrogen) atoms. The highest BCUT2D eigenvalue weighted by atomic mass is 19.1. The first-order chi connectivity index (χ1) is 12.1. The van der Waals surface area contributed by atoms with Gasteiger partial charge in [-0.25, -0.2) is 9.37 Å². The van der Waals surface area contributed by atoms with Crippen LogP contribution in [0.2, 0.25) is 0 Å². The SMILES string of the molecule is Cc1nccn1-c1ccc(C(C)Nc2ccc3nnnn3n2)cc1F. The van der Waals surface area contributed by atoms with E-state index in [2.05, 4.69) is 30.9 Å². The number of rotatable bonds is 4. The van der Waals surface area contributed by atoms with E-state index in [-0.39, 0.29) is 11.9 Å². The van der Waals surface area contributed by atoms with Gasteiger partial charge in [-0.15, -0.1) is 14.8 Å². The third-order valence-electron chi connectivity index (χ3n) is 3.99. The van der Waals surface area contributed by atoms with E-state index in [9.17, 15) is 4.39 Å². The number of benzene rings is 1. The van der Waals surface area contributed by atoms with E-state index in [0.29, 0.717) is 17.2 Å². The average Bonchev–Trinajstić information content (AvgIpc) is 3.23. The molecule has 0 spiro atoms. The summed E-state index contributed by atoms with van der Waals surface area (Å²) in [5.41, 5.74) is 1.83. The Hall–Kier alpha value is -3.36. The van der Waals surface area contributed by atoms with Gasteiger partial charge < -0.3 is 9.88 Å². The molecule has 0 aliphatic rings. The van der Waals surface area contributed by atoms with Crippen molar-refractivity contribution in [1.82, 2.24) is 34.8 Å². The molecule has 0 saturated carbocycles. The summed E-state index contributed by atoms with van der Waals surface area (Å²) in [6, 6.07) is 8.53. The highest BCUT2D eigenvalue weighted by Gasteiger charge is 2.12. The standard InChI is InChI=1S/C16H15FN8/c1-10(19-15-5-6-16-20-22-23-25(16)21-15)12-3-4-14(13(17)9-12)24-8-7-18-11(24)2/h3-10H,1-2H3,(H,19,21). The third-order valence-corrected chi connectivity index (χ3v) is 3.99. The maximum absolute atomic E-state index is 14.5. The second-order valence-electron chi connectivity index (χ2n) is 5.67. The van der Waals surface area contributed by atoms with E-state index in [1.165, 1.54) is 10.7 Å². The molecule has 1 unspecified atom stereocenters. The third kappa shape index (κ3) is 2.80. The molecule has 0 aliphatic carbocycles. The predicted molar refractivity (Wildman–Crippen MR) is 88.9 cm³/mol. The molecule has 1 N–H and O–H groups in total. The lowest BCUT2D eigenvalue weighted by Gasteiger charge is -2.16. The number of aromatic nitrogens is 7. The van der Waals surface area contributed by atoms with Crippen LogP contribution in [0.3, 0.4) is 0 Å². The Morgan fingerprint density at radius 1 is 1.20 bits per heavy atom. The Labute approximate surface area is 142 Å². The van der Waals surface area contributed by atoms with Gasteiger partial charge in [0.1, 0.15) is 17.5 Å². The van der Waals surface area contributed by atoms with Crippen LogP contribution in [-0.2, 0) is 0 Å². The molecule has 3 aromatic heterocycles. The van der Waals surface area contributed by atoms with Crippen LogP contribution in [0.5, 0.6) is 0 Å². The summed E-state index contributed by atoms with van der Waals surface area (Å²) in [7, 11) is 0. The molecule has 0 fully saturated rings. The quantitative estimate of drug-likeness (QED) is 0.615. The number of hydrogen-bond acceptors (Lipinski definition) is 6. The van der Waals surface area contributed by atoms with Gasteiger partial charge in [0, 0.05) is 12.4 Å². The maximum atomic E-state index is 14.5. The first kappa shape index (κ1) is 15.2. The van der Waals surface area contributed by atoms with E-state index in [4.69, 9.17) is 0 Å². The van der Waals surface area contributed by atoms with Crippen molar-refractivity contribution in [3.05, 3.63) is 59.9 Å². The molecule has 8 nitrogen and oxygen atoms in total. The Morgan fingerprint density at radius 2 is 2.08 bits per heavy atom. The minimum atomic E-state index is -0.309. The smallest absolute Gasteiger partial charge is 0.200 e. The van der Waals surface area contributed by atoms with Crippen LogP contribution in [0.4, 0.5) is 10.2 Å². The molecule has 0 bridgehead atoms. The molecular formula is C16H15FN8. The van der Waals surface area contributed by atoms with Gasteiger partial charge in [-0.1, -0.05) is 6.07 Å². The van der Waals surface area contributed by atoms with Crippen molar-refractivity contribution in [2.45, 2.75) is 19.9 Å². The number of fused-ring (bicyclic) bond motifs is 1. The van der Waals surface area contributed by atoms with Crippen LogP contribution in [0, 0.1) is 12.7 Å². The van der Waals surface area contributed by atoms with Crippen molar-refractivity contribution in [1.29, 1.82) is 0 Å². The Kier molecular flexibility index (Phi) is 3.60. The first-order valence-electron chi connectivity index (χ1n) is 7.73. The molecule has 0 aliphatic heterocycles. The van der Waals surface area contributed by atoms with E-state index >= 15 is 0 Å². The van der Waals surface area contributed by atoms with E-state index < -0.39 is 0 Å². The summed E-state index contributed by atoms with van der Waals surface area (Å²) >= 11 is 0. The van der Waals surface area contributed by atoms with Crippen LogP contribution in [-0.4, -0.2) is 34.8 Å². The van der Waals surface area contributed by atoms with Crippen molar-refractivity contribution in [3.63, 3.8) is 0 Å². The molecule has 3 heterocycles. The van der Waals surface area contributed by atoms with Crippen LogP contribution >= 0.6 is 0 Å². The fraction of sp³-hybridized carbons (Fsp3) is 0.188. The number of nitrogens with zero attached hydrogens (tertiary/aromatic N) is 7. The average molecular weight is 338 g/mol. The predicted octanol–water partition coefficient (Wildman–Crippen LogP) is 2.33. The van der Waals surface area contributed by atoms with Gasteiger partial charge in [0.25, 0.3) is 0 Å².